The van der Waals surface area contributed by atoms with Gasteiger partial charge < -0.3 is 9.47 Å². The molecule has 0 aliphatic heterocycles. The molecule has 0 saturated heterocycles. The van der Waals surface area contributed by atoms with Crippen LogP contribution in [-0.2, 0) is 19.1 Å². The highest BCUT2D eigenvalue weighted by Crippen LogP contribution is 2.48. The van der Waals surface area contributed by atoms with Gasteiger partial charge in [-0.25, -0.2) is 4.79 Å². The summed E-state index contributed by atoms with van der Waals surface area (Å²) in [5, 5.41) is 0. The largest absolute Gasteiger partial charge is 0.464 e. The number of hydrogen-bond acceptors (Lipinski definition) is 4. The molecule has 2 aliphatic carbocycles. The summed E-state index contributed by atoms with van der Waals surface area (Å²) in [6, 6.07) is 0. The molecule has 2 saturated carbocycles. The molecule has 2 aliphatic rings. The lowest BCUT2D eigenvalue weighted by atomic mass is 9.64. The zero-order chi connectivity index (χ0) is 14.0. The van der Waals surface area contributed by atoms with Crippen LogP contribution in [0.1, 0.15) is 46.0 Å². The highest BCUT2D eigenvalue weighted by molar-refractivity contribution is 5.87. The van der Waals surface area contributed by atoms with Crippen LogP contribution < -0.4 is 0 Å². The maximum atomic E-state index is 11.8. The molecule has 0 spiro atoms. The number of esters is 1. The monoisotopic (exact) mass is 266 g/mol. The molecular weight excluding hydrogens is 244 g/mol. The first-order chi connectivity index (χ1) is 8.94. The molecule has 0 aromatic carbocycles. The van der Waals surface area contributed by atoms with Gasteiger partial charge in [0, 0.05) is 12.0 Å². The van der Waals surface area contributed by atoms with E-state index in [0.717, 1.165) is 25.7 Å². The Morgan fingerprint density at radius 3 is 2.68 bits per heavy atom. The topological polar surface area (TPSA) is 52.6 Å². The van der Waals surface area contributed by atoms with E-state index in [1.807, 2.05) is 0 Å². The van der Waals surface area contributed by atoms with E-state index in [0.29, 0.717) is 30.3 Å². The van der Waals surface area contributed by atoms with Gasteiger partial charge in [-0.3, -0.25) is 4.79 Å². The van der Waals surface area contributed by atoms with Crippen molar-refractivity contribution in [2.75, 3.05) is 0 Å². The van der Waals surface area contributed by atoms with E-state index in [4.69, 9.17) is 9.47 Å². The fourth-order valence-electron chi connectivity index (χ4n) is 3.79. The molecule has 19 heavy (non-hydrogen) atoms. The zero-order valence-corrected chi connectivity index (χ0v) is 11.7. The highest BCUT2D eigenvalue weighted by Gasteiger charge is 2.48. The molecule has 0 N–H and O–H groups in total. The standard InChI is InChI=1S/C15H22O4/c1-10(2)14(17)19-15-6-11(3)4-12(7-15)5-13(8-15)18-9-16/h9,11-13H,1,4-8H2,2-3H3. The molecule has 0 heterocycles. The van der Waals surface area contributed by atoms with Crippen LogP contribution >= 0.6 is 0 Å². The Morgan fingerprint density at radius 2 is 2.05 bits per heavy atom. The Labute approximate surface area is 114 Å². The van der Waals surface area contributed by atoms with Crippen molar-refractivity contribution >= 4 is 12.4 Å². The second-order valence-corrected chi connectivity index (χ2v) is 6.26. The number of carbonyl (C=O) groups excluding carboxylic acids is 2. The van der Waals surface area contributed by atoms with Gasteiger partial charge >= 0.3 is 5.97 Å². The minimum absolute atomic E-state index is 0.123. The van der Waals surface area contributed by atoms with Gasteiger partial charge in [-0.15, -0.1) is 0 Å². The van der Waals surface area contributed by atoms with E-state index in [1.165, 1.54) is 0 Å². The minimum atomic E-state index is -0.468. The fraction of sp³-hybridized carbons (Fsp3) is 0.733. The number of carbonyl (C=O) groups is 2. The number of rotatable bonds is 4. The third kappa shape index (κ3) is 3.17. The van der Waals surface area contributed by atoms with E-state index in [-0.39, 0.29) is 12.1 Å². The minimum Gasteiger partial charge on any atom is -0.464 e. The molecule has 2 rings (SSSR count). The lowest BCUT2D eigenvalue weighted by molar-refractivity contribution is -0.178. The fourth-order valence-corrected chi connectivity index (χ4v) is 3.79. The third-order valence-corrected chi connectivity index (χ3v) is 4.22. The Bertz CT molecular complexity index is 386. The van der Waals surface area contributed by atoms with Crippen LogP contribution in [0.25, 0.3) is 0 Å². The predicted molar refractivity (Wildman–Crippen MR) is 70.3 cm³/mol. The summed E-state index contributed by atoms with van der Waals surface area (Å²) in [6.45, 7) is 7.99. The van der Waals surface area contributed by atoms with Gasteiger partial charge in [0.15, 0.2) is 0 Å². The van der Waals surface area contributed by atoms with E-state index in [2.05, 4.69) is 13.5 Å². The lowest BCUT2D eigenvalue weighted by Gasteiger charge is -2.48. The second kappa shape index (κ2) is 5.35. The molecule has 4 nitrogen and oxygen atoms in total. The van der Waals surface area contributed by atoms with Crippen LogP contribution in [0, 0.1) is 11.8 Å². The molecule has 4 unspecified atom stereocenters. The average molecular weight is 266 g/mol. The quantitative estimate of drug-likeness (QED) is 0.446. The zero-order valence-electron chi connectivity index (χ0n) is 11.7. The van der Waals surface area contributed by atoms with E-state index >= 15 is 0 Å². The summed E-state index contributed by atoms with van der Waals surface area (Å²) in [6.07, 6.45) is 4.23. The predicted octanol–water partition coefficient (Wildman–Crippen LogP) is 2.62. The SMILES string of the molecule is C=C(C)C(=O)OC12CC(C)CC(CC(OC=O)C1)C2. The van der Waals surface area contributed by atoms with Crippen LogP contribution in [0.3, 0.4) is 0 Å². The van der Waals surface area contributed by atoms with Gasteiger partial charge in [0.1, 0.15) is 11.7 Å². The summed E-state index contributed by atoms with van der Waals surface area (Å²) < 4.78 is 10.9. The van der Waals surface area contributed by atoms with Crippen molar-refractivity contribution < 1.29 is 19.1 Å². The van der Waals surface area contributed by atoms with Gasteiger partial charge in [-0.05, 0) is 44.4 Å². The van der Waals surface area contributed by atoms with Crippen molar-refractivity contribution in [3.05, 3.63) is 12.2 Å². The summed E-state index contributed by atoms with van der Waals surface area (Å²) in [5.41, 5.74) is -0.0489. The van der Waals surface area contributed by atoms with Crippen molar-refractivity contribution in [3.63, 3.8) is 0 Å². The number of fused-ring (bicyclic) bond motifs is 2. The third-order valence-electron chi connectivity index (χ3n) is 4.22. The van der Waals surface area contributed by atoms with Crippen molar-refractivity contribution in [1.82, 2.24) is 0 Å². The van der Waals surface area contributed by atoms with Crippen molar-refractivity contribution in [3.8, 4) is 0 Å². The molecule has 0 radical (unpaired) electrons. The van der Waals surface area contributed by atoms with Gasteiger partial charge in [-0.2, -0.15) is 0 Å². The van der Waals surface area contributed by atoms with E-state index in [1.54, 1.807) is 6.92 Å². The number of ether oxygens (including phenoxy) is 2. The maximum absolute atomic E-state index is 11.8. The maximum Gasteiger partial charge on any atom is 0.333 e. The van der Waals surface area contributed by atoms with Crippen LogP contribution in [0.2, 0.25) is 0 Å². The number of hydrogen-bond donors (Lipinski definition) is 0. The molecule has 4 heteroatoms. The van der Waals surface area contributed by atoms with Crippen LogP contribution in [0.15, 0.2) is 12.2 Å². The summed E-state index contributed by atoms with van der Waals surface area (Å²) in [5.74, 6) is 0.675. The highest BCUT2D eigenvalue weighted by atomic mass is 16.6. The molecular formula is C15H22O4. The molecule has 0 aromatic rings. The smallest absolute Gasteiger partial charge is 0.333 e. The first kappa shape index (κ1) is 14.1. The lowest BCUT2D eigenvalue weighted by Crippen LogP contribution is -2.50. The van der Waals surface area contributed by atoms with Crippen molar-refractivity contribution in [2.45, 2.75) is 57.7 Å². The van der Waals surface area contributed by atoms with Gasteiger partial charge in [0.05, 0.1) is 0 Å². The van der Waals surface area contributed by atoms with Crippen LogP contribution in [0.5, 0.6) is 0 Å². The molecule has 4 atom stereocenters. The molecule has 2 fully saturated rings. The van der Waals surface area contributed by atoms with Crippen LogP contribution in [0.4, 0.5) is 0 Å². The normalized spacial score (nSPS) is 37.3. The Kier molecular flexibility index (Phi) is 3.97. The first-order valence-electron chi connectivity index (χ1n) is 6.92. The summed E-state index contributed by atoms with van der Waals surface area (Å²) in [7, 11) is 0. The van der Waals surface area contributed by atoms with E-state index in [9.17, 15) is 9.59 Å². The second-order valence-electron chi connectivity index (χ2n) is 6.26. The van der Waals surface area contributed by atoms with Gasteiger partial charge in [0.2, 0.25) is 0 Å². The van der Waals surface area contributed by atoms with Crippen molar-refractivity contribution in [1.29, 1.82) is 0 Å². The summed E-state index contributed by atoms with van der Waals surface area (Å²) in [4.78, 5) is 22.4. The summed E-state index contributed by atoms with van der Waals surface area (Å²) >= 11 is 0. The van der Waals surface area contributed by atoms with Gasteiger partial charge in [-0.1, -0.05) is 13.5 Å². The first-order valence-corrected chi connectivity index (χ1v) is 6.92. The average Bonchev–Trinajstić information content (AvgIpc) is 2.26. The van der Waals surface area contributed by atoms with E-state index < -0.39 is 5.60 Å². The molecule has 106 valence electrons. The van der Waals surface area contributed by atoms with Crippen LogP contribution in [-0.4, -0.2) is 24.1 Å². The molecule has 0 amide bonds. The Morgan fingerprint density at radius 1 is 1.32 bits per heavy atom. The van der Waals surface area contributed by atoms with Gasteiger partial charge in [0.25, 0.3) is 6.47 Å². The Hall–Kier alpha value is -1.32. The Balaban J connectivity index is 2.15. The molecule has 2 bridgehead atoms. The molecule has 0 aromatic heterocycles. The van der Waals surface area contributed by atoms with Crippen molar-refractivity contribution in [2.24, 2.45) is 11.8 Å².